The molecule has 1 atom stereocenters. The van der Waals surface area contributed by atoms with E-state index in [-0.39, 0.29) is 25.3 Å². The topological polar surface area (TPSA) is 82.2 Å². The lowest BCUT2D eigenvalue weighted by Gasteiger charge is -2.22. The van der Waals surface area contributed by atoms with Crippen LogP contribution in [0.25, 0.3) is 21.9 Å². The molecule has 2 N–H and O–H groups in total. The Labute approximate surface area is 170 Å². The van der Waals surface area contributed by atoms with Gasteiger partial charge in [0.2, 0.25) is 0 Å². The van der Waals surface area contributed by atoms with Crippen LogP contribution in [0.4, 0.5) is 8.78 Å². The summed E-state index contributed by atoms with van der Waals surface area (Å²) in [5, 5.41) is 12.5. The lowest BCUT2D eigenvalue weighted by atomic mass is 10.1. The molecule has 0 aliphatic carbocycles. The molecule has 1 unspecified atom stereocenters. The molecule has 0 radical (unpaired) electrons. The number of hydrogen-bond donors (Lipinski definition) is 2. The van der Waals surface area contributed by atoms with Crippen molar-refractivity contribution in [2.75, 3.05) is 20.1 Å². The average Bonchev–Trinajstić information content (AvgIpc) is 3.13. The van der Waals surface area contributed by atoms with E-state index >= 15 is 0 Å². The highest BCUT2D eigenvalue weighted by Crippen LogP contribution is 2.40. The van der Waals surface area contributed by atoms with Gasteiger partial charge in [-0.25, -0.2) is 13.8 Å². The normalized spacial score (nSPS) is 19.6. The van der Waals surface area contributed by atoms with Gasteiger partial charge in [0.25, 0.3) is 5.92 Å². The van der Waals surface area contributed by atoms with Gasteiger partial charge < -0.3 is 15.4 Å². The van der Waals surface area contributed by atoms with Crippen molar-refractivity contribution in [2.24, 2.45) is 5.10 Å². The van der Waals surface area contributed by atoms with Gasteiger partial charge in [0.15, 0.2) is 0 Å². The molecular weight excluding hydrogens is 400 g/mol. The minimum atomic E-state index is -2.92. The van der Waals surface area contributed by atoms with Crippen LogP contribution in [0.1, 0.15) is 18.8 Å². The van der Waals surface area contributed by atoms with Crippen LogP contribution >= 0.6 is 11.6 Å². The molecule has 2 aromatic heterocycles. The van der Waals surface area contributed by atoms with Gasteiger partial charge in [-0.2, -0.15) is 5.10 Å². The molecule has 3 aromatic rings. The number of rotatable bonds is 5. The number of pyridine rings is 1. The van der Waals surface area contributed by atoms with Crippen molar-refractivity contribution in [3.05, 3.63) is 35.2 Å². The molecule has 1 aliphatic rings. The average molecular weight is 420 g/mol. The van der Waals surface area contributed by atoms with Gasteiger partial charge in [0, 0.05) is 22.7 Å². The Morgan fingerprint density at radius 1 is 1.45 bits per heavy atom. The van der Waals surface area contributed by atoms with E-state index in [0.717, 1.165) is 0 Å². The second-order valence-electron chi connectivity index (χ2n) is 7.30. The largest absolute Gasteiger partial charge is 0.315 e. The maximum Gasteiger partial charge on any atom is 0.282 e. The number of fused-ring (bicyclic) bond motifs is 3. The number of aromatic nitrogens is 3. The molecule has 0 bridgehead atoms. The van der Waals surface area contributed by atoms with Crippen LogP contribution in [0, 0.1) is 5.41 Å². The Morgan fingerprint density at radius 3 is 2.93 bits per heavy atom. The molecule has 0 amide bonds. The van der Waals surface area contributed by atoms with Gasteiger partial charge >= 0.3 is 0 Å². The second-order valence-corrected chi connectivity index (χ2v) is 7.74. The van der Waals surface area contributed by atoms with Crippen LogP contribution < -0.4 is 5.43 Å². The number of benzene rings is 1. The van der Waals surface area contributed by atoms with E-state index in [4.69, 9.17) is 17.0 Å². The number of halogens is 3. The highest BCUT2D eigenvalue weighted by molar-refractivity contribution is 6.31. The van der Waals surface area contributed by atoms with E-state index in [2.05, 4.69) is 20.5 Å². The maximum atomic E-state index is 14.9. The standard InChI is InChI=1S/C19H20ClF2N7/c1-11(23)6-25-26-8-17-27-15-7-24-14-4-3-12(20)5-13(14)18(15)29(17)16-9-28(2)10-19(16,21)22/h3-7,16,23,26H,8-10H2,1-2H3/b23-11?,25-6-. The fraction of sp³-hybridized carbons (Fsp3) is 0.368. The van der Waals surface area contributed by atoms with Crippen molar-refractivity contribution < 1.29 is 8.78 Å². The van der Waals surface area contributed by atoms with Crippen LogP contribution in [-0.4, -0.2) is 57.4 Å². The summed E-state index contributed by atoms with van der Waals surface area (Å²) in [5.74, 6) is -2.49. The Balaban J connectivity index is 1.91. The third kappa shape index (κ3) is 3.67. The summed E-state index contributed by atoms with van der Waals surface area (Å²) < 4.78 is 31.4. The first-order valence-corrected chi connectivity index (χ1v) is 9.46. The summed E-state index contributed by atoms with van der Waals surface area (Å²) in [6.07, 6.45) is 2.94. The smallest absolute Gasteiger partial charge is 0.282 e. The summed E-state index contributed by atoms with van der Waals surface area (Å²) in [6, 6.07) is 4.14. The predicted octanol–water partition coefficient (Wildman–Crippen LogP) is 3.47. The lowest BCUT2D eigenvalue weighted by Crippen LogP contribution is -2.31. The highest BCUT2D eigenvalue weighted by Gasteiger charge is 2.49. The van der Waals surface area contributed by atoms with E-state index in [1.165, 1.54) is 6.21 Å². The van der Waals surface area contributed by atoms with Crippen LogP contribution in [0.3, 0.4) is 0 Å². The van der Waals surface area contributed by atoms with Gasteiger partial charge in [-0.05, 0) is 32.2 Å². The molecule has 10 heteroatoms. The summed E-state index contributed by atoms with van der Waals surface area (Å²) in [6.45, 7) is 1.60. The van der Waals surface area contributed by atoms with Gasteiger partial charge in [-0.15, -0.1) is 0 Å². The van der Waals surface area contributed by atoms with Gasteiger partial charge in [-0.3, -0.25) is 9.88 Å². The van der Waals surface area contributed by atoms with Crippen molar-refractivity contribution in [3.8, 4) is 0 Å². The third-order valence-corrected chi connectivity index (χ3v) is 5.14. The second kappa shape index (κ2) is 7.31. The molecule has 1 saturated heterocycles. The quantitative estimate of drug-likeness (QED) is 0.490. The molecule has 7 nitrogen and oxygen atoms in total. The van der Waals surface area contributed by atoms with Gasteiger partial charge in [0.1, 0.15) is 17.4 Å². The minimum Gasteiger partial charge on any atom is -0.315 e. The first-order chi connectivity index (χ1) is 13.8. The first-order valence-electron chi connectivity index (χ1n) is 9.09. The van der Waals surface area contributed by atoms with Crippen molar-refractivity contribution in [3.63, 3.8) is 0 Å². The molecule has 1 aliphatic heterocycles. The molecule has 29 heavy (non-hydrogen) atoms. The zero-order valence-electron chi connectivity index (χ0n) is 16.0. The molecule has 1 fully saturated rings. The molecule has 1 aromatic carbocycles. The number of hydrazone groups is 1. The van der Waals surface area contributed by atoms with Crippen LogP contribution in [-0.2, 0) is 6.54 Å². The van der Waals surface area contributed by atoms with Crippen molar-refractivity contribution in [2.45, 2.75) is 25.4 Å². The molecular formula is C19H20ClF2N7. The fourth-order valence-electron chi connectivity index (χ4n) is 3.75. The van der Waals surface area contributed by atoms with Crippen molar-refractivity contribution in [1.29, 1.82) is 5.41 Å². The summed E-state index contributed by atoms with van der Waals surface area (Å²) in [7, 11) is 1.68. The van der Waals surface area contributed by atoms with Crippen LogP contribution in [0.5, 0.6) is 0 Å². The number of hydrogen-bond acceptors (Lipinski definition) is 6. The Hall–Kier alpha value is -2.65. The molecule has 3 heterocycles. The number of imidazole rings is 1. The first kappa shape index (κ1) is 19.7. The molecule has 0 saturated carbocycles. The van der Waals surface area contributed by atoms with Gasteiger partial charge in [-0.1, -0.05) is 11.6 Å². The van der Waals surface area contributed by atoms with E-state index in [1.54, 1.807) is 47.8 Å². The highest BCUT2D eigenvalue weighted by atomic mass is 35.5. The van der Waals surface area contributed by atoms with Crippen LogP contribution in [0.15, 0.2) is 29.5 Å². The molecule has 152 valence electrons. The number of nitrogens with one attached hydrogen (secondary N) is 2. The van der Waals surface area contributed by atoms with Crippen LogP contribution in [0.2, 0.25) is 5.02 Å². The zero-order chi connectivity index (χ0) is 20.8. The number of likely N-dealkylation sites (tertiary alicyclic amines) is 1. The Morgan fingerprint density at radius 2 is 2.24 bits per heavy atom. The Kier molecular flexibility index (Phi) is 4.95. The van der Waals surface area contributed by atoms with Crippen molar-refractivity contribution in [1.82, 2.24) is 24.9 Å². The minimum absolute atomic E-state index is 0.136. The fourth-order valence-corrected chi connectivity index (χ4v) is 3.92. The van der Waals surface area contributed by atoms with Gasteiger partial charge in [0.05, 0.1) is 36.5 Å². The monoisotopic (exact) mass is 419 g/mol. The lowest BCUT2D eigenvalue weighted by molar-refractivity contribution is -0.0201. The number of likely N-dealkylation sites (N-methyl/N-ethyl adjacent to an activating group) is 1. The summed E-state index contributed by atoms with van der Waals surface area (Å²) in [4.78, 5) is 10.6. The number of alkyl halides is 2. The predicted molar refractivity (Wildman–Crippen MR) is 110 cm³/mol. The zero-order valence-corrected chi connectivity index (χ0v) is 16.7. The third-order valence-electron chi connectivity index (χ3n) is 4.90. The summed E-state index contributed by atoms with van der Waals surface area (Å²) >= 11 is 6.18. The molecule has 4 rings (SSSR count). The number of nitrogens with zero attached hydrogens (tertiary/aromatic N) is 5. The van der Waals surface area contributed by atoms with E-state index in [1.807, 2.05) is 0 Å². The Bertz CT molecular complexity index is 1120. The van der Waals surface area contributed by atoms with Crippen molar-refractivity contribution >= 4 is 45.5 Å². The van der Waals surface area contributed by atoms with E-state index in [0.29, 0.717) is 32.8 Å². The molecule has 0 spiro atoms. The van der Waals surface area contributed by atoms with E-state index in [9.17, 15) is 8.78 Å². The SMILES string of the molecule is CC(=N)/C=N\NCc1nc2cnc3ccc(Cl)cc3c2n1C1CN(C)CC1(F)F. The summed E-state index contributed by atoms with van der Waals surface area (Å²) in [5.41, 5.74) is 4.84. The maximum absolute atomic E-state index is 14.9. The van der Waals surface area contributed by atoms with E-state index < -0.39 is 12.0 Å².